The number of esters is 1. The van der Waals surface area contributed by atoms with E-state index in [0.717, 1.165) is 11.3 Å². The van der Waals surface area contributed by atoms with Gasteiger partial charge in [-0.05, 0) is 30.4 Å². The van der Waals surface area contributed by atoms with Crippen LogP contribution < -0.4 is 4.90 Å². The maximum Gasteiger partial charge on any atom is 0.340 e. The number of carbonyl (C=O) groups excluding carboxylic acids is 4. The van der Waals surface area contributed by atoms with Gasteiger partial charge in [-0.15, -0.1) is 0 Å². The van der Waals surface area contributed by atoms with E-state index in [4.69, 9.17) is 4.74 Å². The standard InChI is InChI=1S/C24H19Br2NO5/c25-20-14-10-15(21(20)26)19-18(14)22(29)27(23(19)30)16-9-5-4-8-13(16)24(31)32-11-17(28)12-6-2-1-3-7-12/h1-9,14-15,18-21H,10-11H2/t14-,15+,18-,19-,20-,21+/m0/s1. The molecular formula is C24H19Br2NO5. The Balaban J connectivity index is 1.38. The van der Waals surface area contributed by atoms with Crippen LogP contribution in [0.1, 0.15) is 27.1 Å². The third kappa shape index (κ3) is 3.27. The number of imide groups is 1. The zero-order valence-corrected chi connectivity index (χ0v) is 20.0. The molecule has 0 unspecified atom stereocenters. The van der Waals surface area contributed by atoms with Crippen molar-refractivity contribution in [2.24, 2.45) is 23.7 Å². The van der Waals surface area contributed by atoms with E-state index < -0.39 is 12.6 Å². The first-order valence-corrected chi connectivity index (χ1v) is 12.2. The zero-order chi connectivity index (χ0) is 22.6. The molecule has 0 N–H and O–H groups in total. The second-order valence-electron chi connectivity index (χ2n) is 8.40. The van der Waals surface area contributed by atoms with E-state index in [2.05, 4.69) is 31.9 Å². The maximum absolute atomic E-state index is 13.3. The van der Waals surface area contributed by atoms with E-state index in [1.165, 1.54) is 6.07 Å². The average Bonchev–Trinajstić information content (AvgIpc) is 3.42. The molecule has 2 aromatic rings. The second-order valence-corrected chi connectivity index (χ2v) is 10.5. The number of anilines is 1. The third-order valence-electron chi connectivity index (χ3n) is 6.78. The molecule has 2 amide bonds. The minimum absolute atomic E-state index is 0.0819. The Morgan fingerprint density at radius 3 is 2.06 bits per heavy atom. The number of amides is 2. The molecule has 0 spiro atoms. The summed E-state index contributed by atoms with van der Waals surface area (Å²) in [6, 6.07) is 14.9. The molecule has 2 saturated carbocycles. The van der Waals surface area contributed by atoms with E-state index in [-0.39, 0.29) is 62.2 Å². The van der Waals surface area contributed by atoms with Gasteiger partial charge in [-0.3, -0.25) is 14.4 Å². The van der Waals surface area contributed by atoms with Gasteiger partial charge in [0, 0.05) is 15.2 Å². The van der Waals surface area contributed by atoms with Gasteiger partial charge < -0.3 is 4.74 Å². The number of fused-ring (bicyclic) bond motifs is 5. The number of halogens is 2. The van der Waals surface area contributed by atoms with Gasteiger partial charge in [0.2, 0.25) is 11.8 Å². The summed E-state index contributed by atoms with van der Waals surface area (Å²) >= 11 is 7.35. The van der Waals surface area contributed by atoms with Crippen LogP contribution in [0.3, 0.4) is 0 Å². The molecule has 8 heteroatoms. The van der Waals surface area contributed by atoms with Gasteiger partial charge in [0.25, 0.3) is 0 Å². The number of rotatable bonds is 5. The summed E-state index contributed by atoms with van der Waals surface area (Å²) in [6.07, 6.45) is 0.831. The van der Waals surface area contributed by atoms with E-state index in [1.54, 1.807) is 48.5 Å². The normalized spacial score (nSPS) is 30.5. The van der Waals surface area contributed by atoms with Crippen molar-refractivity contribution in [3.05, 3.63) is 65.7 Å². The molecule has 1 aliphatic heterocycles. The Morgan fingerprint density at radius 2 is 1.44 bits per heavy atom. The van der Waals surface area contributed by atoms with Crippen LogP contribution in [0.25, 0.3) is 0 Å². The lowest BCUT2D eigenvalue weighted by atomic mass is 9.81. The summed E-state index contributed by atoms with van der Waals surface area (Å²) in [5.74, 6) is -2.21. The molecule has 5 rings (SSSR count). The van der Waals surface area contributed by atoms with Gasteiger partial charge in [-0.1, -0.05) is 74.3 Å². The number of alkyl halides is 2. The summed E-state index contributed by atoms with van der Waals surface area (Å²) < 4.78 is 5.24. The predicted molar refractivity (Wildman–Crippen MR) is 124 cm³/mol. The number of Topliss-reactive ketones (excluding diaryl/α,β-unsaturated/α-hetero) is 1. The minimum atomic E-state index is -0.748. The molecule has 3 fully saturated rings. The van der Waals surface area contributed by atoms with Crippen LogP contribution >= 0.6 is 31.9 Å². The van der Waals surface area contributed by atoms with Crippen molar-refractivity contribution in [1.82, 2.24) is 0 Å². The van der Waals surface area contributed by atoms with Crippen molar-refractivity contribution >= 4 is 61.1 Å². The Hall–Kier alpha value is -2.32. The van der Waals surface area contributed by atoms with Crippen molar-refractivity contribution in [2.45, 2.75) is 16.1 Å². The van der Waals surface area contributed by atoms with Gasteiger partial charge in [0.1, 0.15) is 0 Å². The number of benzene rings is 2. The van der Waals surface area contributed by atoms with Crippen LogP contribution in [0.2, 0.25) is 0 Å². The molecule has 2 aromatic carbocycles. The summed E-state index contributed by atoms with van der Waals surface area (Å²) in [7, 11) is 0. The molecule has 2 aliphatic carbocycles. The molecule has 6 atom stereocenters. The van der Waals surface area contributed by atoms with E-state index in [0.29, 0.717) is 5.56 Å². The Bertz CT molecular complexity index is 1090. The fourth-order valence-corrected chi connectivity index (χ4v) is 7.22. The monoisotopic (exact) mass is 559 g/mol. The number of ketones is 1. The van der Waals surface area contributed by atoms with Crippen LogP contribution in [0.15, 0.2) is 54.6 Å². The SMILES string of the molecule is O=C(COC(=O)c1ccccc1N1C(=O)[C@H]2[C@@H]3C[C@@H]([C@@H](Br)[C@H]3Br)[C@@H]2C1=O)c1ccccc1. The average molecular weight is 561 g/mol. The zero-order valence-electron chi connectivity index (χ0n) is 16.8. The molecular weight excluding hydrogens is 542 g/mol. The third-order valence-corrected chi connectivity index (χ3v) is 9.99. The number of hydrogen-bond donors (Lipinski definition) is 0. The van der Waals surface area contributed by atoms with Crippen molar-refractivity contribution < 1.29 is 23.9 Å². The van der Waals surface area contributed by atoms with Crippen molar-refractivity contribution in [2.75, 3.05) is 11.5 Å². The number of nitrogens with zero attached hydrogens (tertiary/aromatic N) is 1. The lowest BCUT2D eigenvalue weighted by molar-refractivity contribution is -0.123. The van der Waals surface area contributed by atoms with Gasteiger partial charge in [-0.25, -0.2) is 9.69 Å². The van der Waals surface area contributed by atoms with E-state index in [9.17, 15) is 19.2 Å². The number of ether oxygens (including phenoxy) is 1. The van der Waals surface area contributed by atoms with Crippen molar-refractivity contribution in [3.63, 3.8) is 0 Å². The van der Waals surface area contributed by atoms with Crippen LogP contribution in [-0.4, -0.2) is 39.8 Å². The second kappa shape index (κ2) is 8.23. The van der Waals surface area contributed by atoms with Crippen molar-refractivity contribution in [3.8, 4) is 0 Å². The van der Waals surface area contributed by atoms with Crippen molar-refractivity contribution in [1.29, 1.82) is 0 Å². The molecule has 6 nitrogen and oxygen atoms in total. The Kier molecular flexibility index (Phi) is 5.53. The van der Waals surface area contributed by atoms with Gasteiger partial charge in [0.05, 0.1) is 23.1 Å². The van der Waals surface area contributed by atoms with E-state index in [1.807, 2.05) is 0 Å². The fraction of sp³-hybridized carbons (Fsp3) is 0.333. The fourth-order valence-electron chi connectivity index (χ4n) is 5.34. The lowest BCUT2D eigenvalue weighted by Gasteiger charge is -2.28. The molecule has 0 aromatic heterocycles. The maximum atomic E-state index is 13.3. The predicted octanol–water partition coefficient (Wildman–Crippen LogP) is 4.01. The first-order valence-electron chi connectivity index (χ1n) is 10.4. The highest BCUT2D eigenvalue weighted by Crippen LogP contribution is 2.60. The summed E-state index contributed by atoms with van der Waals surface area (Å²) in [5, 5.41) is 0. The Morgan fingerprint density at radius 1 is 0.875 bits per heavy atom. The van der Waals surface area contributed by atoms with Crippen LogP contribution in [0.5, 0.6) is 0 Å². The quantitative estimate of drug-likeness (QED) is 0.239. The lowest BCUT2D eigenvalue weighted by Crippen LogP contribution is -2.37. The first kappa shape index (κ1) is 21.5. The minimum Gasteiger partial charge on any atom is -0.454 e. The highest BCUT2D eigenvalue weighted by molar-refractivity contribution is 9.12. The summed E-state index contributed by atoms with van der Waals surface area (Å²) in [6.45, 7) is -0.426. The topological polar surface area (TPSA) is 80.8 Å². The number of para-hydroxylation sites is 1. The van der Waals surface area contributed by atoms with Crippen LogP contribution in [0, 0.1) is 23.7 Å². The molecule has 3 aliphatic rings. The molecule has 0 radical (unpaired) electrons. The van der Waals surface area contributed by atoms with Gasteiger partial charge >= 0.3 is 5.97 Å². The van der Waals surface area contributed by atoms with Crippen LogP contribution in [-0.2, 0) is 14.3 Å². The highest BCUT2D eigenvalue weighted by Gasteiger charge is 2.66. The molecule has 32 heavy (non-hydrogen) atoms. The molecule has 2 bridgehead atoms. The highest BCUT2D eigenvalue weighted by atomic mass is 79.9. The molecule has 1 heterocycles. The number of hydrogen-bond acceptors (Lipinski definition) is 5. The largest absolute Gasteiger partial charge is 0.454 e. The molecule has 1 saturated heterocycles. The summed E-state index contributed by atoms with van der Waals surface area (Å²) in [4.78, 5) is 53.2. The Labute approximate surface area is 201 Å². The summed E-state index contributed by atoms with van der Waals surface area (Å²) in [5.41, 5.74) is 0.745. The molecule has 164 valence electrons. The smallest absolute Gasteiger partial charge is 0.340 e. The number of carbonyl (C=O) groups is 4. The van der Waals surface area contributed by atoms with Gasteiger partial charge in [-0.2, -0.15) is 0 Å². The van der Waals surface area contributed by atoms with E-state index >= 15 is 0 Å². The van der Waals surface area contributed by atoms with Gasteiger partial charge in [0.15, 0.2) is 12.4 Å². The van der Waals surface area contributed by atoms with Crippen LogP contribution in [0.4, 0.5) is 5.69 Å². The first-order chi connectivity index (χ1) is 15.4.